The molecule has 0 aliphatic rings. The number of hydrogen-bond donors (Lipinski definition) is 0. The minimum absolute atomic E-state index is 1.13. The molecule has 0 aliphatic carbocycles. The molecule has 0 fully saturated rings. The SMILES string of the molecule is CC=P#CCCC. The second kappa shape index (κ2) is 6.08. The molecule has 7 heavy (non-hydrogen) atoms. The van der Waals surface area contributed by atoms with Gasteiger partial charge in [0, 0.05) is 0 Å². The Bertz CT molecular complexity index is 116. The third-order valence-corrected chi connectivity index (χ3v) is 1.25. The molecular weight excluding hydrogens is 103 g/mol. The van der Waals surface area contributed by atoms with E-state index < -0.39 is 0 Å². The van der Waals surface area contributed by atoms with Crippen LogP contribution in [0.4, 0.5) is 0 Å². The van der Waals surface area contributed by atoms with Crippen molar-refractivity contribution in [1.29, 1.82) is 0 Å². The van der Waals surface area contributed by atoms with Gasteiger partial charge in [-0.05, 0) is 0 Å². The molecule has 0 aromatic rings. The molecule has 0 bridgehead atoms. The number of rotatable bonds is 1. The Kier molecular flexibility index (Phi) is 6.15. The van der Waals surface area contributed by atoms with Crippen molar-refractivity contribution in [2.75, 3.05) is 0 Å². The molecule has 0 aromatic heterocycles. The zero-order chi connectivity index (χ0) is 5.54. The summed E-state index contributed by atoms with van der Waals surface area (Å²) in [6, 6.07) is 0. The minimum atomic E-state index is 1.13. The van der Waals surface area contributed by atoms with E-state index in [-0.39, 0.29) is 0 Å². The summed E-state index contributed by atoms with van der Waals surface area (Å²) < 4.78 is 0. The van der Waals surface area contributed by atoms with Crippen LogP contribution in [-0.2, 0) is 0 Å². The average molecular weight is 114 g/mol. The molecule has 0 rings (SSSR count). The van der Waals surface area contributed by atoms with Crippen molar-refractivity contribution >= 4 is 13.5 Å². The topological polar surface area (TPSA) is 0 Å². The maximum absolute atomic E-state index is 3.20. The van der Waals surface area contributed by atoms with Crippen molar-refractivity contribution in [3.05, 3.63) is 0 Å². The molecule has 0 heterocycles. The number of unbranched alkanes of at least 4 members (excludes halogenated alkanes) is 1. The fourth-order valence-electron chi connectivity index (χ4n) is 0.268. The van der Waals surface area contributed by atoms with Crippen molar-refractivity contribution in [2.45, 2.75) is 26.7 Å². The van der Waals surface area contributed by atoms with Crippen LogP contribution in [0.25, 0.3) is 0 Å². The summed E-state index contributed by atoms with van der Waals surface area (Å²) in [6.45, 7) is 4.21. The van der Waals surface area contributed by atoms with E-state index in [1.807, 2.05) is 6.92 Å². The molecule has 0 amide bonds. The van der Waals surface area contributed by atoms with Gasteiger partial charge in [-0.3, -0.25) is 0 Å². The maximum atomic E-state index is 3.20. The van der Waals surface area contributed by atoms with Gasteiger partial charge in [0.15, 0.2) is 0 Å². The predicted molar refractivity (Wildman–Crippen MR) is 37.5 cm³/mol. The zero-order valence-electron chi connectivity index (χ0n) is 4.94. The molecule has 0 N–H and O–H groups in total. The average Bonchev–Trinajstić information content (AvgIpc) is 1.69. The molecule has 0 atom stereocenters. The fourth-order valence-corrected chi connectivity index (χ4v) is 0.803. The van der Waals surface area contributed by atoms with E-state index in [4.69, 9.17) is 0 Å². The third kappa shape index (κ3) is 6.08. The van der Waals surface area contributed by atoms with E-state index >= 15 is 0 Å². The van der Waals surface area contributed by atoms with Crippen LogP contribution in [0, 0.1) is 5.63 Å². The van der Waals surface area contributed by atoms with Gasteiger partial charge in [-0.25, -0.2) is 0 Å². The molecule has 40 valence electrons. The summed E-state index contributed by atoms with van der Waals surface area (Å²) >= 11 is 0. The normalized spacial score (nSPS) is 7.14. The summed E-state index contributed by atoms with van der Waals surface area (Å²) in [6.07, 6.45) is 2.35. The van der Waals surface area contributed by atoms with Gasteiger partial charge in [0.1, 0.15) is 0 Å². The molecule has 0 saturated carbocycles. The van der Waals surface area contributed by atoms with Gasteiger partial charge >= 0.3 is 45.8 Å². The van der Waals surface area contributed by atoms with Crippen LogP contribution in [0.3, 0.4) is 0 Å². The van der Waals surface area contributed by atoms with Gasteiger partial charge in [-0.2, -0.15) is 0 Å². The first-order chi connectivity index (χ1) is 3.41. The Labute approximate surface area is 46.7 Å². The molecule has 0 spiro atoms. The Morgan fingerprint density at radius 3 is 2.86 bits per heavy atom. The van der Waals surface area contributed by atoms with Crippen molar-refractivity contribution in [2.24, 2.45) is 0 Å². The van der Waals surface area contributed by atoms with Crippen LogP contribution in [0.1, 0.15) is 26.7 Å². The van der Waals surface area contributed by atoms with Crippen molar-refractivity contribution < 1.29 is 0 Å². The summed E-state index contributed by atoms with van der Waals surface area (Å²) in [7, 11) is 1.25. The van der Waals surface area contributed by atoms with E-state index in [1.165, 1.54) is 14.1 Å². The molecule has 0 radical (unpaired) electrons. The van der Waals surface area contributed by atoms with Gasteiger partial charge < -0.3 is 0 Å². The van der Waals surface area contributed by atoms with E-state index in [0.29, 0.717) is 0 Å². The summed E-state index contributed by atoms with van der Waals surface area (Å²) in [4.78, 5) is 0. The Balaban J connectivity index is 3.26. The molecular formula is C6H11P. The Hall–Kier alpha value is 0.0800. The van der Waals surface area contributed by atoms with Gasteiger partial charge in [0.05, 0.1) is 0 Å². The third-order valence-electron chi connectivity index (χ3n) is 0.582. The van der Waals surface area contributed by atoms with Crippen LogP contribution in [0.15, 0.2) is 0 Å². The fraction of sp³-hybridized carbons (Fsp3) is 0.667. The molecule has 0 aliphatic heterocycles. The first-order valence-electron chi connectivity index (χ1n) is 2.62. The van der Waals surface area contributed by atoms with Crippen LogP contribution < -0.4 is 0 Å². The van der Waals surface area contributed by atoms with Gasteiger partial charge in [0.2, 0.25) is 0 Å². The van der Waals surface area contributed by atoms with Crippen molar-refractivity contribution in [1.82, 2.24) is 0 Å². The molecule has 0 unspecified atom stereocenters. The van der Waals surface area contributed by atoms with Crippen LogP contribution >= 0.6 is 7.66 Å². The van der Waals surface area contributed by atoms with Crippen molar-refractivity contribution in [3.63, 3.8) is 0 Å². The van der Waals surface area contributed by atoms with Gasteiger partial charge in [-0.15, -0.1) is 0 Å². The second-order valence-electron chi connectivity index (χ2n) is 1.30. The van der Waals surface area contributed by atoms with Crippen LogP contribution in [0.2, 0.25) is 0 Å². The quantitative estimate of drug-likeness (QED) is 0.459. The number of hydrogen-bond acceptors (Lipinski definition) is 0. The first-order valence-corrected chi connectivity index (χ1v) is 3.58. The molecule has 0 aromatic carbocycles. The molecule has 0 saturated heterocycles. The van der Waals surface area contributed by atoms with Gasteiger partial charge in [0.25, 0.3) is 0 Å². The van der Waals surface area contributed by atoms with Crippen LogP contribution in [0.5, 0.6) is 0 Å². The van der Waals surface area contributed by atoms with E-state index in [2.05, 4.69) is 18.3 Å². The Morgan fingerprint density at radius 1 is 1.71 bits per heavy atom. The molecule has 0 nitrogen and oxygen atoms in total. The monoisotopic (exact) mass is 114 g/mol. The summed E-state index contributed by atoms with van der Waals surface area (Å²) in [5.41, 5.74) is 3.20. The predicted octanol–water partition coefficient (Wildman–Crippen LogP) is 2.51. The summed E-state index contributed by atoms with van der Waals surface area (Å²) in [5, 5.41) is 0. The van der Waals surface area contributed by atoms with E-state index in [1.54, 1.807) is 0 Å². The second-order valence-corrected chi connectivity index (χ2v) is 2.39. The van der Waals surface area contributed by atoms with Gasteiger partial charge in [-0.1, -0.05) is 0 Å². The zero-order valence-corrected chi connectivity index (χ0v) is 5.83. The summed E-state index contributed by atoms with van der Waals surface area (Å²) in [5.74, 6) is 2.09. The molecule has 1 heteroatoms. The first kappa shape index (κ1) is 7.08. The standard InChI is InChI=1S/C6H11P/c1-3-5-6-7-4-2/h4H,3,5H2,1-2H3. The van der Waals surface area contributed by atoms with Crippen molar-refractivity contribution in [3.8, 4) is 5.63 Å². The van der Waals surface area contributed by atoms with E-state index in [9.17, 15) is 0 Å². The van der Waals surface area contributed by atoms with E-state index in [0.717, 1.165) is 6.42 Å². The Morgan fingerprint density at radius 2 is 2.43 bits per heavy atom. The van der Waals surface area contributed by atoms with Crippen LogP contribution in [-0.4, -0.2) is 5.80 Å².